The molecular weight excluding hydrogens is 404 g/mol. The van der Waals surface area contributed by atoms with Gasteiger partial charge < -0.3 is 14.5 Å². The first-order valence-electron chi connectivity index (χ1n) is 10.9. The van der Waals surface area contributed by atoms with Crippen LogP contribution in [0.5, 0.6) is 5.75 Å². The molecule has 0 aliphatic heterocycles. The van der Waals surface area contributed by atoms with Crippen molar-refractivity contribution in [1.82, 2.24) is 10.3 Å². The highest BCUT2D eigenvalue weighted by Gasteiger charge is 2.27. The molecule has 0 fully saturated rings. The van der Waals surface area contributed by atoms with Gasteiger partial charge in [-0.15, -0.1) is 0 Å². The lowest BCUT2D eigenvalue weighted by Gasteiger charge is -2.29. The van der Waals surface area contributed by atoms with Crippen LogP contribution in [0, 0.1) is 17.3 Å². The van der Waals surface area contributed by atoms with E-state index in [4.69, 9.17) is 9.16 Å². The lowest BCUT2D eigenvalue weighted by molar-refractivity contribution is -0.129. The first-order chi connectivity index (χ1) is 14.4. The van der Waals surface area contributed by atoms with Crippen LogP contribution in [0.4, 0.5) is 0 Å². The minimum absolute atomic E-state index is 0.0929. The Kier molecular flexibility index (Phi) is 8.27. The largest absolute Gasteiger partial charge is 0.481 e. The number of nitrogens with one attached hydrogen (secondary N) is 1. The van der Waals surface area contributed by atoms with Crippen molar-refractivity contribution < 1.29 is 14.0 Å². The standard InChI is InChI=1S/C25H36N2O3Si/c1-9-21(29-19-12-13-20-18(17-19)11-10-16-26-20)23(28)27-25(5,6)15-14-22(24(2,3)4)30-31(7)8/h10-13,16-17,21-22,31H,9H2,1-8H3,(H,27,28). The zero-order chi connectivity index (χ0) is 23.2. The number of fused-ring (bicyclic) bond motifs is 1. The van der Waals surface area contributed by atoms with Gasteiger partial charge in [0.15, 0.2) is 15.1 Å². The molecule has 2 atom stereocenters. The number of aromatic nitrogens is 1. The molecule has 0 radical (unpaired) electrons. The SMILES string of the molecule is CCC(Oc1ccc2ncccc2c1)C(=O)NC(C)(C)C#CC(O[SiH](C)C)C(C)(C)C. The van der Waals surface area contributed by atoms with Crippen molar-refractivity contribution in [1.29, 1.82) is 0 Å². The summed E-state index contributed by atoms with van der Waals surface area (Å²) in [6.07, 6.45) is 1.53. The minimum Gasteiger partial charge on any atom is -0.481 e. The van der Waals surface area contributed by atoms with Gasteiger partial charge in [-0.2, -0.15) is 0 Å². The van der Waals surface area contributed by atoms with Gasteiger partial charge >= 0.3 is 0 Å². The molecule has 2 unspecified atom stereocenters. The van der Waals surface area contributed by atoms with Crippen molar-refractivity contribution in [2.75, 3.05) is 0 Å². The summed E-state index contributed by atoms with van der Waals surface area (Å²) in [4.78, 5) is 17.3. The molecule has 0 bridgehead atoms. The Balaban J connectivity index is 2.11. The smallest absolute Gasteiger partial charge is 0.262 e. The van der Waals surface area contributed by atoms with E-state index < -0.39 is 20.7 Å². The molecule has 0 saturated carbocycles. The maximum absolute atomic E-state index is 12.9. The van der Waals surface area contributed by atoms with Crippen molar-refractivity contribution in [2.45, 2.75) is 78.8 Å². The molecule has 0 saturated heterocycles. The predicted molar refractivity (Wildman–Crippen MR) is 130 cm³/mol. The Hall–Kier alpha value is -2.36. The highest BCUT2D eigenvalue weighted by atomic mass is 28.3. The van der Waals surface area contributed by atoms with E-state index >= 15 is 0 Å². The number of rotatable bonds is 7. The van der Waals surface area contributed by atoms with E-state index in [1.54, 1.807) is 6.20 Å². The van der Waals surface area contributed by atoms with Crippen molar-refractivity contribution in [3.63, 3.8) is 0 Å². The predicted octanol–water partition coefficient (Wildman–Crippen LogP) is 4.71. The Morgan fingerprint density at radius 1 is 1.19 bits per heavy atom. The molecule has 0 spiro atoms. The van der Waals surface area contributed by atoms with E-state index in [9.17, 15) is 4.79 Å². The summed E-state index contributed by atoms with van der Waals surface area (Å²) in [7, 11) is -1.24. The van der Waals surface area contributed by atoms with Gasteiger partial charge in [0.1, 0.15) is 11.9 Å². The number of pyridine rings is 1. The molecule has 1 N–H and O–H groups in total. The summed E-state index contributed by atoms with van der Waals surface area (Å²) in [6.45, 7) is 16.4. The summed E-state index contributed by atoms with van der Waals surface area (Å²) >= 11 is 0. The van der Waals surface area contributed by atoms with Gasteiger partial charge in [0.05, 0.1) is 11.1 Å². The zero-order valence-corrected chi connectivity index (χ0v) is 21.2. The Morgan fingerprint density at radius 2 is 1.90 bits per heavy atom. The molecular formula is C25H36N2O3Si. The minimum atomic E-state index is -1.24. The highest BCUT2D eigenvalue weighted by Crippen LogP contribution is 2.23. The fraction of sp³-hybridized carbons (Fsp3) is 0.520. The second-order valence-corrected chi connectivity index (χ2v) is 12.1. The average molecular weight is 441 g/mol. The van der Waals surface area contributed by atoms with Gasteiger partial charge in [0.25, 0.3) is 5.91 Å². The Morgan fingerprint density at radius 3 is 2.52 bits per heavy atom. The van der Waals surface area contributed by atoms with Gasteiger partial charge in [-0.25, -0.2) is 0 Å². The van der Waals surface area contributed by atoms with Crippen LogP contribution in [-0.4, -0.2) is 37.7 Å². The van der Waals surface area contributed by atoms with Crippen molar-refractivity contribution in [3.05, 3.63) is 36.5 Å². The van der Waals surface area contributed by atoms with Gasteiger partial charge in [-0.05, 0) is 63.0 Å². The fourth-order valence-corrected chi connectivity index (χ4v) is 4.03. The monoisotopic (exact) mass is 440 g/mol. The summed E-state index contributed by atoms with van der Waals surface area (Å²) in [5.74, 6) is 6.95. The number of carbonyl (C=O) groups is 1. The van der Waals surface area contributed by atoms with E-state index in [2.05, 4.69) is 56.0 Å². The van der Waals surface area contributed by atoms with E-state index in [1.807, 2.05) is 51.1 Å². The first-order valence-corrected chi connectivity index (χ1v) is 13.7. The summed E-state index contributed by atoms with van der Waals surface area (Å²) < 4.78 is 12.1. The van der Waals surface area contributed by atoms with Gasteiger partial charge in [0, 0.05) is 11.6 Å². The molecule has 1 heterocycles. The topological polar surface area (TPSA) is 60.5 Å². The maximum Gasteiger partial charge on any atom is 0.262 e. The van der Waals surface area contributed by atoms with Crippen molar-refractivity contribution >= 4 is 25.9 Å². The van der Waals surface area contributed by atoms with Crippen LogP contribution >= 0.6 is 0 Å². The van der Waals surface area contributed by atoms with Gasteiger partial charge in [0.2, 0.25) is 0 Å². The van der Waals surface area contributed by atoms with E-state index in [0.717, 1.165) is 10.9 Å². The molecule has 1 amide bonds. The van der Waals surface area contributed by atoms with Crippen LogP contribution in [0.15, 0.2) is 36.5 Å². The quantitative estimate of drug-likeness (QED) is 0.501. The molecule has 0 aliphatic carbocycles. The van der Waals surface area contributed by atoms with E-state index in [1.165, 1.54) is 0 Å². The number of benzene rings is 1. The van der Waals surface area contributed by atoms with Crippen LogP contribution < -0.4 is 10.1 Å². The number of hydrogen-bond acceptors (Lipinski definition) is 4. The lowest BCUT2D eigenvalue weighted by Crippen LogP contribution is -2.48. The number of nitrogens with zero attached hydrogens (tertiary/aromatic N) is 1. The van der Waals surface area contributed by atoms with Crippen molar-refractivity contribution in [3.8, 4) is 17.6 Å². The molecule has 1 aromatic heterocycles. The maximum atomic E-state index is 12.9. The Labute approximate surface area is 188 Å². The van der Waals surface area contributed by atoms with Crippen LogP contribution in [0.1, 0.15) is 48.0 Å². The third-order valence-corrected chi connectivity index (χ3v) is 5.48. The third-order valence-electron chi connectivity index (χ3n) is 4.66. The number of carbonyl (C=O) groups excluding carboxylic acids is 1. The summed E-state index contributed by atoms with van der Waals surface area (Å²) in [5, 5.41) is 4.01. The molecule has 1 aromatic carbocycles. The second kappa shape index (κ2) is 10.3. The molecule has 2 aromatic rings. The first kappa shape index (κ1) is 24.9. The highest BCUT2D eigenvalue weighted by molar-refractivity contribution is 6.48. The van der Waals surface area contributed by atoms with Gasteiger partial charge in [-0.3, -0.25) is 9.78 Å². The van der Waals surface area contributed by atoms with Crippen LogP contribution in [0.2, 0.25) is 13.1 Å². The molecule has 0 aliphatic rings. The van der Waals surface area contributed by atoms with E-state index in [-0.39, 0.29) is 17.4 Å². The summed E-state index contributed by atoms with van der Waals surface area (Å²) in [5.41, 5.74) is 0.0977. The van der Waals surface area contributed by atoms with Crippen molar-refractivity contribution in [2.24, 2.45) is 5.41 Å². The number of hydrogen-bond donors (Lipinski definition) is 1. The molecule has 31 heavy (non-hydrogen) atoms. The Bertz CT molecular complexity index is 954. The third kappa shape index (κ3) is 7.68. The molecule has 6 heteroatoms. The lowest BCUT2D eigenvalue weighted by atomic mass is 9.89. The molecule has 5 nitrogen and oxygen atoms in total. The van der Waals surface area contributed by atoms with Gasteiger partial charge in [-0.1, -0.05) is 45.6 Å². The normalized spacial score (nSPS) is 14.0. The van der Waals surface area contributed by atoms with E-state index in [0.29, 0.717) is 12.2 Å². The second-order valence-electron chi connectivity index (χ2n) is 9.69. The van der Waals surface area contributed by atoms with Crippen LogP contribution in [0.3, 0.4) is 0 Å². The zero-order valence-electron chi connectivity index (χ0n) is 20.1. The van der Waals surface area contributed by atoms with Crippen LogP contribution in [0.25, 0.3) is 10.9 Å². The molecule has 168 valence electrons. The fourth-order valence-electron chi connectivity index (χ4n) is 3.01. The number of ether oxygens (including phenoxy) is 1. The number of amides is 1. The molecule has 2 rings (SSSR count). The summed E-state index contributed by atoms with van der Waals surface area (Å²) in [6, 6.07) is 9.51. The average Bonchev–Trinajstić information content (AvgIpc) is 2.67. The van der Waals surface area contributed by atoms with Crippen LogP contribution in [-0.2, 0) is 9.22 Å².